The Morgan fingerprint density at radius 3 is 2.42 bits per heavy atom. The summed E-state index contributed by atoms with van der Waals surface area (Å²) in [5, 5.41) is 0.951. The molecule has 0 saturated carbocycles. The summed E-state index contributed by atoms with van der Waals surface area (Å²) in [6, 6.07) is 11.8. The van der Waals surface area contributed by atoms with Gasteiger partial charge in [0.25, 0.3) is 0 Å². The van der Waals surface area contributed by atoms with Gasteiger partial charge >= 0.3 is 0 Å². The fraction of sp³-hybridized carbons (Fsp3) is 0.333. The molecule has 1 saturated heterocycles. The lowest BCUT2D eigenvalue weighted by Gasteiger charge is -2.20. The lowest BCUT2D eigenvalue weighted by molar-refractivity contribution is 0.112. The van der Waals surface area contributed by atoms with Gasteiger partial charge in [-0.05, 0) is 62.8 Å². The van der Waals surface area contributed by atoms with Crippen LogP contribution in [-0.4, -0.2) is 40.9 Å². The van der Waals surface area contributed by atoms with Crippen molar-refractivity contribution in [1.82, 2.24) is 14.5 Å². The van der Waals surface area contributed by atoms with Crippen LogP contribution in [0.15, 0.2) is 48.8 Å². The normalized spacial score (nSPS) is 14.7. The van der Waals surface area contributed by atoms with Crippen molar-refractivity contribution >= 4 is 17.3 Å². The van der Waals surface area contributed by atoms with E-state index < -0.39 is 0 Å². The molecule has 1 aliphatic rings. The zero-order valence-corrected chi connectivity index (χ0v) is 15.3. The summed E-state index contributed by atoms with van der Waals surface area (Å²) >= 11 is 0. The van der Waals surface area contributed by atoms with E-state index in [4.69, 9.17) is 5.73 Å². The first kappa shape index (κ1) is 18.3. The third kappa shape index (κ3) is 4.36. The molecule has 0 atom stereocenters. The number of piperidine rings is 1. The van der Waals surface area contributed by atoms with Gasteiger partial charge < -0.3 is 15.2 Å². The third-order valence-corrected chi connectivity index (χ3v) is 4.71. The van der Waals surface area contributed by atoms with Crippen molar-refractivity contribution in [3.05, 3.63) is 59.9 Å². The highest BCUT2D eigenvalue weighted by molar-refractivity contribution is 5.85. The molecule has 0 spiro atoms. The van der Waals surface area contributed by atoms with Crippen LogP contribution >= 0.6 is 0 Å². The SMILES string of the molecule is CN1CCCCC1.NCc1ccc(-n2ccc3cc(C=O)cnc32)cc1. The van der Waals surface area contributed by atoms with Gasteiger partial charge in [0.05, 0.1) is 0 Å². The average molecular weight is 350 g/mol. The van der Waals surface area contributed by atoms with Crippen LogP contribution in [0, 0.1) is 0 Å². The molecule has 3 heterocycles. The number of carbonyl (C=O) groups is 1. The molecule has 26 heavy (non-hydrogen) atoms. The minimum atomic E-state index is 0.535. The zero-order chi connectivity index (χ0) is 18.4. The minimum absolute atomic E-state index is 0.535. The number of hydrogen-bond donors (Lipinski definition) is 1. The van der Waals surface area contributed by atoms with E-state index in [0.29, 0.717) is 12.1 Å². The minimum Gasteiger partial charge on any atom is -0.326 e. The molecule has 1 aliphatic heterocycles. The smallest absolute Gasteiger partial charge is 0.151 e. The molecule has 3 aromatic rings. The molecule has 0 unspecified atom stereocenters. The van der Waals surface area contributed by atoms with Crippen LogP contribution in [0.3, 0.4) is 0 Å². The number of nitrogens with two attached hydrogens (primary N) is 1. The van der Waals surface area contributed by atoms with E-state index in [0.717, 1.165) is 28.6 Å². The summed E-state index contributed by atoms with van der Waals surface area (Å²) in [4.78, 5) is 17.5. The molecule has 0 amide bonds. The van der Waals surface area contributed by atoms with E-state index in [1.54, 1.807) is 6.20 Å². The molecular formula is C21H26N4O. The average Bonchev–Trinajstić information content (AvgIpc) is 3.12. The molecule has 0 bridgehead atoms. The molecule has 0 radical (unpaired) electrons. The van der Waals surface area contributed by atoms with Crippen molar-refractivity contribution in [3.63, 3.8) is 0 Å². The van der Waals surface area contributed by atoms with Crippen LogP contribution in [0.4, 0.5) is 0 Å². The first-order valence-electron chi connectivity index (χ1n) is 9.11. The van der Waals surface area contributed by atoms with Crippen LogP contribution in [-0.2, 0) is 6.54 Å². The number of benzene rings is 1. The first-order chi connectivity index (χ1) is 12.7. The zero-order valence-electron chi connectivity index (χ0n) is 15.3. The largest absolute Gasteiger partial charge is 0.326 e. The summed E-state index contributed by atoms with van der Waals surface area (Å²) in [6.07, 6.45) is 8.61. The molecular weight excluding hydrogens is 324 g/mol. The van der Waals surface area contributed by atoms with E-state index in [1.807, 2.05) is 47.2 Å². The standard InChI is InChI=1S/C15H13N3O.C6H13N/c16-8-11-1-3-14(4-2-11)18-6-5-13-7-12(10-19)9-17-15(13)18;1-7-5-3-2-4-6-7/h1-7,9-10H,8,16H2;2-6H2,1H3. The number of fused-ring (bicyclic) bond motifs is 1. The van der Waals surface area contributed by atoms with E-state index in [2.05, 4.69) is 16.9 Å². The summed E-state index contributed by atoms with van der Waals surface area (Å²) in [7, 11) is 2.19. The Hall–Kier alpha value is -2.50. The monoisotopic (exact) mass is 350 g/mol. The summed E-state index contributed by atoms with van der Waals surface area (Å²) in [5.74, 6) is 0. The number of aldehydes is 1. The highest BCUT2D eigenvalue weighted by atomic mass is 16.1. The second-order valence-corrected chi connectivity index (χ2v) is 6.72. The molecule has 2 aromatic heterocycles. The highest BCUT2D eigenvalue weighted by Gasteiger charge is 2.05. The second-order valence-electron chi connectivity index (χ2n) is 6.72. The van der Waals surface area contributed by atoms with E-state index in [9.17, 15) is 4.79 Å². The number of hydrogen-bond acceptors (Lipinski definition) is 4. The van der Waals surface area contributed by atoms with Gasteiger partial charge in [0, 0.05) is 35.6 Å². The summed E-state index contributed by atoms with van der Waals surface area (Å²) in [5.41, 5.74) is 9.13. The quantitative estimate of drug-likeness (QED) is 0.735. The Labute approximate surface area is 154 Å². The van der Waals surface area contributed by atoms with Crippen LogP contribution in [0.1, 0.15) is 35.2 Å². The molecule has 4 rings (SSSR count). The number of nitrogens with zero attached hydrogens (tertiary/aromatic N) is 3. The lowest BCUT2D eigenvalue weighted by atomic mass is 10.1. The maximum atomic E-state index is 10.7. The lowest BCUT2D eigenvalue weighted by Crippen LogP contribution is -2.24. The van der Waals surface area contributed by atoms with Gasteiger partial charge in [0.2, 0.25) is 0 Å². The Morgan fingerprint density at radius 2 is 1.85 bits per heavy atom. The van der Waals surface area contributed by atoms with Crippen molar-refractivity contribution in [2.75, 3.05) is 20.1 Å². The third-order valence-electron chi connectivity index (χ3n) is 4.71. The summed E-state index contributed by atoms with van der Waals surface area (Å²) < 4.78 is 1.99. The predicted molar refractivity (Wildman–Crippen MR) is 106 cm³/mol. The van der Waals surface area contributed by atoms with Gasteiger partial charge in [-0.15, -0.1) is 0 Å². The maximum absolute atomic E-state index is 10.7. The van der Waals surface area contributed by atoms with E-state index in [1.165, 1.54) is 32.4 Å². The van der Waals surface area contributed by atoms with Crippen molar-refractivity contribution in [2.45, 2.75) is 25.8 Å². The van der Waals surface area contributed by atoms with Gasteiger partial charge in [0.15, 0.2) is 6.29 Å². The molecule has 0 aliphatic carbocycles. The predicted octanol–water partition coefficient (Wildman–Crippen LogP) is 3.40. The topological polar surface area (TPSA) is 64.2 Å². The van der Waals surface area contributed by atoms with Crippen molar-refractivity contribution < 1.29 is 4.79 Å². The number of aromatic nitrogens is 2. The molecule has 1 aromatic carbocycles. The van der Waals surface area contributed by atoms with E-state index in [-0.39, 0.29) is 0 Å². The fourth-order valence-corrected chi connectivity index (χ4v) is 3.16. The summed E-state index contributed by atoms with van der Waals surface area (Å²) in [6.45, 7) is 3.17. The van der Waals surface area contributed by atoms with Gasteiger partial charge in [-0.3, -0.25) is 4.79 Å². The second kappa shape index (κ2) is 8.74. The van der Waals surface area contributed by atoms with Crippen LogP contribution < -0.4 is 5.73 Å². The number of pyridine rings is 1. The van der Waals surface area contributed by atoms with Gasteiger partial charge in [-0.1, -0.05) is 18.6 Å². The van der Waals surface area contributed by atoms with Crippen molar-refractivity contribution in [3.8, 4) is 5.69 Å². The number of rotatable bonds is 3. The van der Waals surface area contributed by atoms with Crippen molar-refractivity contribution in [1.29, 1.82) is 0 Å². The highest BCUT2D eigenvalue weighted by Crippen LogP contribution is 2.19. The Bertz CT molecular complexity index is 848. The fourth-order valence-electron chi connectivity index (χ4n) is 3.16. The van der Waals surface area contributed by atoms with Crippen LogP contribution in [0.2, 0.25) is 0 Å². The van der Waals surface area contributed by atoms with Gasteiger partial charge in [0.1, 0.15) is 5.65 Å². The van der Waals surface area contributed by atoms with Gasteiger partial charge in [-0.2, -0.15) is 0 Å². The molecule has 1 fully saturated rings. The Balaban J connectivity index is 0.000000236. The molecule has 5 heteroatoms. The van der Waals surface area contributed by atoms with Crippen LogP contribution in [0.5, 0.6) is 0 Å². The van der Waals surface area contributed by atoms with E-state index >= 15 is 0 Å². The molecule has 2 N–H and O–H groups in total. The van der Waals surface area contributed by atoms with Crippen LogP contribution in [0.25, 0.3) is 16.7 Å². The molecule has 5 nitrogen and oxygen atoms in total. The number of carbonyl (C=O) groups excluding carboxylic acids is 1. The first-order valence-corrected chi connectivity index (χ1v) is 9.11. The maximum Gasteiger partial charge on any atom is 0.151 e. The number of likely N-dealkylation sites (tertiary alicyclic amines) is 1. The Morgan fingerprint density at radius 1 is 1.12 bits per heavy atom. The molecule has 136 valence electrons. The van der Waals surface area contributed by atoms with Gasteiger partial charge in [-0.25, -0.2) is 4.98 Å². The van der Waals surface area contributed by atoms with Crippen molar-refractivity contribution in [2.24, 2.45) is 5.73 Å². The Kier molecular flexibility index (Phi) is 6.15.